The zero-order valence-electron chi connectivity index (χ0n) is 9.20. The standard InChI is InChI=1S/C11H12ClNO4/c1-5-6(3-8(13)11(14)15)2-7(12)10-9(5)16-4-17-10/h2,8H,3-4,13H2,1H3,(H,14,15). The highest BCUT2D eigenvalue weighted by atomic mass is 35.5. The van der Waals surface area contributed by atoms with Gasteiger partial charge in [0.15, 0.2) is 11.5 Å². The topological polar surface area (TPSA) is 81.8 Å². The molecule has 1 heterocycles. The summed E-state index contributed by atoms with van der Waals surface area (Å²) in [6, 6.07) is 0.720. The molecule has 5 nitrogen and oxygen atoms in total. The molecule has 0 saturated heterocycles. The van der Waals surface area contributed by atoms with Crippen LogP contribution in [0.5, 0.6) is 11.5 Å². The van der Waals surface area contributed by atoms with Gasteiger partial charge in [-0.15, -0.1) is 0 Å². The first-order valence-electron chi connectivity index (χ1n) is 5.06. The molecule has 1 atom stereocenters. The first-order valence-corrected chi connectivity index (χ1v) is 5.44. The molecule has 0 aromatic heterocycles. The zero-order valence-corrected chi connectivity index (χ0v) is 9.95. The minimum Gasteiger partial charge on any atom is -0.480 e. The van der Waals surface area contributed by atoms with Crippen molar-refractivity contribution in [1.82, 2.24) is 0 Å². The molecule has 0 spiro atoms. The lowest BCUT2D eigenvalue weighted by Gasteiger charge is -2.12. The van der Waals surface area contributed by atoms with E-state index in [2.05, 4.69) is 0 Å². The predicted octanol–water partition coefficient (Wildman–Crippen LogP) is 1.33. The zero-order chi connectivity index (χ0) is 12.6. The van der Waals surface area contributed by atoms with Crippen molar-refractivity contribution < 1.29 is 19.4 Å². The van der Waals surface area contributed by atoms with Gasteiger partial charge in [0.05, 0.1) is 5.02 Å². The third kappa shape index (κ3) is 2.16. The fraction of sp³-hybridized carbons (Fsp3) is 0.364. The van der Waals surface area contributed by atoms with Crippen molar-refractivity contribution in [3.05, 3.63) is 22.2 Å². The molecular formula is C11H12ClNO4. The average molecular weight is 258 g/mol. The molecule has 1 unspecified atom stereocenters. The molecule has 0 saturated carbocycles. The molecule has 1 aromatic carbocycles. The van der Waals surface area contributed by atoms with Gasteiger partial charge in [0.1, 0.15) is 6.04 Å². The van der Waals surface area contributed by atoms with Gasteiger partial charge in [0.25, 0.3) is 0 Å². The van der Waals surface area contributed by atoms with E-state index in [1.54, 1.807) is 6.07 Å². The first kappa shape index (κ1) is 12.0. The van der Waals surface area contributed by atoms with Crippen LogP contribution in [0.4, 0.5) is 0 Å². The molecule has 1 aromatic rings. The number of hydrogen-bond acceptors (Lipinski definition) is 4. The summed E-state index contributed by atoms with van der Waals surface area (Å²) in [5, 5.41) is 9.20. The molecular weight excluding hydrogens is 246 g/mol. The van der Waals surface area contributed by atoms with E-state index in [1.807, 2.05) is 6.92 Å². The van der Waals surface area contributed by atoms with E-state index in [9.17, 15) is 4.79 Å². The highest BCUT2D eigenvalue weighted by Crippen LogP contribution is 2.43. The quantitative estimate of drug-likeness (QED) is 0.854. The Morgan fingerprint density at radius 3 is 2.88 bits per heavy atom. The van der Waals surface area contributed by atoms with E-state index in [1.165, 1.54) is 0 Å². The number of carbonyl (C=O) groups is 1. The fourth-order valence-electron chi connectivity index (χ4n) is 1.74. The van der Waals surface area contributed by atoms with Gasteiger partial charge in [-0.05, 0) is 30.5 Å². The second-order valence-electron chi connectivity index (χ2n) is 3.86. The van der Waals surface area contributed by atoms with Gasteiger partial charge >= 0.3 is 5.97 Å². The fourth-order valence-corrected chi connectivity index (χ4v) is 2.02. The van der Waals surface area contributed by atoms with Crippen LogP contribution in [0.1, 0.15) is 11.1 Å². The van der Waals surface area contributed by atoms with Gasteiger partial charge in [-0.3, -0.25) is 4.79 Å². The maximum Gasteiger partial charge on any atom is 0.320 e. The van der Waals surface area contributed by atoms with Crippen LogP contribution in [0.3, 0.4) is 0 Å². The maximum absolute atomic E-state index is 10.7. The van der Waals surface area contributed by atoms with Crippen molar-refractivity contribution in [3.63, 3.8) is 0 Å². The first-order chi connectivity index (χ1) is 8.00. The molecule has 92 valence electrons. The number of carboxylic acid groups (broad SMARTS) is 1. The maximum atomic E-state index is 10.7. The summed E-state index contributed by atoms with van der Waals surface area (Å²) in [5.41, 5.74) is 7.07. The highest BCUT2D eigenvalue weighted by molar-refractivity contribution is 6.32. The second kappa shape index (κ2) is 4.43. The van der Waals surface area contributed by atoms with Crippen LogP contribution in [0.2, 0.25) is 5.02 Å². The number of hydrogen-bond donors (Lipinski definition) is 2. The molecule has 17 heavy (non-hydrogen) atoms. The van der Waals surface area contributed by atoms with Crippen LogP contribution in [0.15, 0.2) is 6.07 Å². The largest absolute Gasteiger partial charge is 0.480 e. The van der Waals surface area contributed by atoms with E-state index >= 15 is 0 Å². The molecule has 0 fully saturated rings. The minimum absolute atomic E-state index is 0.129. The summed E-state index contributed by atoms with van der Waals surface area (Å²) in [6.45, 7) is 1.96. The number of halogens is 1. The average Bonchev–Trinajstić information content (AvgIpc) is 2.74. The monoisotopic (exact) mass is 257 g/mol. The Labute approximate surface area is 103 Å². The number of benzene rings is 1. The molecule has 0 bridgehead atoms. The lowest BCUT2D eigenvalue weighted by Crippen LogP contribution is -2.32. The van der Waals surface area contributed by atoms with E-state index in [4.69, 9.17) is 31.9 Å². The van der Waals surface area contributed by atoms with Crippen molar-refractivity contribution in [2.45, 2.75) is 19.4 Å². The smallest absolute Gasteiger partial charge is 0.320 e. The highest BCUT2D eigenvalue weighted by Gasteiger charge is 2.24. The SMILES string of the molecule is Cc1c(CC(N)C(=O)O)cc(Cl)c2c1OCO2. The van der Waals surface area contributed by atoms with Crippen molar-refractivity contribution in [1.29, 1.82) is 0 Å². The van der Waals surface area contributed by atoms with Gasteiger partial charge in [0.2, 0.25) is 6.79 Å². The number of nitrogens with two attached hydrogens (primary N) is 1. The van der Waals surface area contributed by atoms with Gasteiger partial charge in [-0.25, -0.2) is 0 Å². The van der Waals surface area contributed by atoms with E-state index in [0.717, 1.165) is 11.1 Å². The van der Waals surface area contributed by atoms with Crippen molar-refractivity contribution in [3.8, 4) is 11.5 Å². The van der Waals surface area contributed by atoms with Crippen LogP contribution in [-0.2, 0) is 11.2 Å². The Morgan fingerprint density at radius 1 is 1.59 bits per heavy atom. The Kier molecular flexibility index (Phi) is 3.13. The lowest BCUT2D eigenvalue weighted by molar-refractivity contribution is -0.138. The van der Waals surface area contributed by atoms with Gasteiger partial charge in [-0.1, -0.05) is 11.6 Å². The van der Waals surface area contributed by atoms with Crippen LogP contribution < -0.4 is 15.2 Å². The second-order valence-corrected chi connectivity index (χ2v) is 4.26. The Balaban J connectivity index is 2.36. The number of rotatable bonds is 3. The van der Waals surface area contributed by atoms with Crippen LogP contribution in [0, 0.1) is 6.92 Å². The minimum atomic E-state index is -1.04. The molecule has 0 aliphatic carbocycles. The van der Waals surface area contributed by atoms with Crippen molar-refractivity contribution in [2.24, 2.45) is 5.73 Å². The normalized spacial score (nSPS) is 14.8. The number of fused-ring (bicyclic) bond motifs is 1. The Morgan fingerprint density at radius 2 is 2.24 bits per heavy atom. The third-order valence-electron chi connectivity index (χ3n) is 2.71. The number of ether oxygens (including phenoxy) is 2. The van der Waals surface area contributed by atoms with E-state index in [0.29, 0.717) is 16.5 Å². The molecule has 2 rings (SSSR count). The van der Waals surface area contributed by atoms with Crippen molar-refractivity contribution >= 4 is 17.6 Å². The summed E-state index contributed by atoms with van der Waals surface area (Å²) >= 11 is 6.02. The Bertz CT molecular complexity index is 475. The summed E-state index contributed by atoms with van der Waals surface area (Å²) < 4.78 is 10.5. The van der Waals surface area contributed by atoms with Crippen LogP contribution in [0.25, 0.3) is 0 Å². The summed E-state index contributed by atoms with van der Waals surface area (Å²) in [7, 11) is 0. The summed E-state index contributed by atoms with van der Waals surface area (Å²) in [6.07, 6.45) is 0.206. The predicted molar refractivity (Wildman–Crippen MR) is 61.6 cm³/mol. The van der Waals surface area contributed by atoms with E-state index in [-0.39, 0.29) is 13.2 Å². The number of carboxylic acids is 1. The van der Waals surface area contributed by atoms with Gasteiger partial charge < -0.3 is 20.3 Å². The van der Waals surface area contributed by atoms with Gasteiger partial charge in [0, 0.05) is 0 Å². The molecule has 0 radical (unpaired) electrons. The molecule has 1 aliphatic rings. The van der Waals surface area contributed by atoms with Crippen LogP contribution in [-0.4, -0.2) is 23.9 Å². The lowest BCUT2D eigenvalue weighted by atomic mass is 10.0. The van der Waals surface area contributed by atoms with Crippen molar-refractivity contribution in [2.75, 3.05) is 6.79 Å². The van der Waals surface area contributed by atoms with Crippen LogP contribution >= 0.6 is 11.6 Å². The molecule has 3 N–H and O–H groups in total. The summed E-state index contributed by atoms with van der Waals surface area (Å²) in [4.78, 5) is 10.7. The van der Waals surface area contributed by atoms with E-state index < -0.39 is 12.0 Å². The molecule has 0 amide bonds. The van der Waals surface area contributed by atoms with Gasteiger partial charge in [-0.2, -0.15) is 0 Å². The Hall–Kier alpha value is -1.46. The third-order valence-corrected chi connectivity index (χ3v) is 2.99. The molecule has 6 heteroatoms. The summed E-state index contributed by atoms with van der Waals surface area (Å²) in [5.74, 6) is 0.0418. The molecule has 1 aliphatic heterocycles. The number of aliphatic carboxylic acids is 1.